The van der Waals surface area contributed by atoms with Crippen LogP contribution < -0.4 is 5.32 Å². The van der Waals surface area contributed by atoms with E-state index >= 15 is 0 Å². The van der Waals surface area contributed by atoms with E-state index in [2.05, 4.69) is 17.2 Å². The number of thiazole rings is 1. The first-order chi connectivity index (χ1) is 6.86. The minimum atomic E-state index is 0.149. The van der Waals surface area contributed by atoms with Crippen LogP contribution in [0.25, 0.3) is 0 Å². The molecule has 0 radical (unpaired) electrons. The molecule has 3 nitrogen and oxygen atoms in total. The molecule has 1 aliphatic rings. The Morgan fingerprint density at radius 2 is 2.71 bits per heavy atom. The van der Waals surface area contributed by atoms with Crippen LogP contribution in [-0.2, 0) is 4.74 Å². The molecule has 2 rings (SSSR count). The average Bonchev–Trinajstić information content (AvgIpc) is 2.87. The van der Waals surface area contributed by atoms with Gasteiger partial charge >= 0.3 is 0 Å². The minimum absolute atomic E-state index is 0.149. The van der Waals surface area contributed by atoms with Gasteiger partial charge in [0.1, 0.15) is 11.1 Å². The molecule has 0 bridgehead atoms. The molecule has 0 spiro atoms. The van der Waals surface area contributed by atoms with Gasteiger partial charge in [-0.05, 0) is 25.8 Å². The number of nitrogens with one attached hydrogen (secondary N) is 1. The van der Waals surface area contributed by atoms with Gasteiger partial charge in [0.2, 0.25) is 0 Å². The SMILES string of the molecule is C[C@H](OC[C@@H]1CCNC1)c1nccs1. The molecule has 78 valence electrons. The predicted octanol–water partition coefficient (Wildman–Crippen LogP) is 1.83. The summed E-state index contributed by atoms with van der Waals surface area (Å²) in [5, 5.41) is 6.41. The van der Waals surface area contributed by atoms with Crippen molar-refractivity contribution in [1.29, 1.82) is 0 Å². The van der Waals surface area contributed by atoms with Crippen LogP contribution in [-0.4, -0.2) is 24.7 Å². The van der Waals surface area contributed by atoms with Gasteiger partial charge < -0.3 is 10.1 Å². The van der Waals surface area contributed by atoms with E-state index in [-0.39, 0.29) is 6.10 Å². The van der Waals surface area contributed by atoms with Gasteiger partial charge in [-0.25, -0.2) is 4.98 Å². The smallest absolute Gasteiger partial charge is 0.121 e. The number of hydrogen-bond donors (Lipinski definition) is 1. The Bertz CT molecular complexity index is 257. The highest BCUT2D eigenvalue weighted by atomic mass is 32.1. The molecule has 1 aliphatic heterocycles. The molecule has 0 unspecified atom stereocenters. The Balaban J connectivity index is 1.74. The Labute approximate surface area is 88.5 Å². The summed E-state index contributed by atoms with van der Waals surface area (Å²) >= 11 is 1.66. The van der Waals surface area contributed by atoms with Gasteiger partial charge in [-0.15, -0.1) is 11.3 Å². The molecule has 2 heterocycles. The van der Waals surface area contributed by atoms with Gasteiger partial charge in [-0.3, -0.25) is 0 Å². The fourth-order valence-electron chi connectivity index (χ4n) is 1.64. The monoisotopic (exact) mass is 212 g/mol. The summed E-state index contributed by atoms with van der Waals surface area (Å²) < 4.78 is 5.78. The first-order valence-electron chi connectivity index (χ1n) is 5.08. The lowest BCUT2D eigenvalue weighted by Gasteiger charge is -2.13. The highest BCUT2D eigenvalue weighted by molar-refractivity contribution is 7.09. The van der Waals surface area contributed by atoms with Gasteiger partial charge in [0, 0.05) is 18.1 Å². The van der Waals surface area contributed by atoms with E-state index in [1.807, 2.05) is 11.6 Å². The van der Waals surface area contributed by atoms with Crippen LogP contribution in [0.5, 0.6) is 0 Å². The van der Waals surface area contributed by atoms with Crippen LogP contribution in [0.1, 0.15) is 24.5 Å². The van der Waals surface area contributed by atoms with E-state index in [1.165, 1.54) is 6.42 Å². The lowest BCUT2D eigenvalue weighted by molar-refractivity contribution is 0.0434. The Morgan fingerprint density at radius 3 is 3.36 bits per heavy atom. The lowest BCUT2D eigenvalue weighted by Crippen LogP contribution is -2.15. The van der Waals surface area contributed by atoms with E-state index in [9.17, 15) is 0 Å². The fourth-order valence-corrected chi connectivity index (χ4v) is 2.29. The number of nitrogens with zero attached hydrogens (tertiary/aromatic N) is 1. The molecule has 1 N–H and O–H groups in total. The highest BCUT2D eigenvalue weighted by Gasteiger charge is 2.16. The van der Waals surface area contributed by atoms with E-state index in [1.54, 1.807) is 11.3 Å². The molecular weight excluding hydrogens is 196 g/mol. The van der Waals surface area contributed by atoms with E-state index in [0.717, 1.165) is 24.7 Å². The summed E-state index contributed by atoms with van der Waals surface area (Å²) in [6.07, 6.45) is 3.22. The van der Waals surface area contributed by atoms with Gasteiger partial charge in [0.05, 0.1) is 6.61 Å². The third-order valence-electron chi connectivity index (χ3n) is 2.54. The van der Waals surface area contributed by atoms with Crippen molar-refractivity contribution in [1.82, 2.24) is 10.3 Å². The Morgan fingerprint density at radius 1 is 1.79 bits per heavy atom. The molecule has 0 amide bonds. The second kappa shape index (κ2) is 4.87. The molecule has 14 heavy (non-hydrogen) atoms. The van der Waals surface area contributed by atoms with Crippen LogP contribution in [0.3, 0.4) is 0 Å². The van der Waals surface area contributed by atoms with Crippen LogP contribution in [0, 0.1) is 5.92 Å². The summed E-state index contributed by atoms with van der Waals surface area (Å²) in [4.78, 5) is 4.24. The third kappa shape index (κ3) is 2.53. The largest absolute Gasteiger partial charge is 0.371 e. The van der Waals surface area contributed by atoms with Crippen LogP contribution >= 0.6 is 11.3 Å². The van der Waals surface area contributed by atoms with Crippen molar-refractivity contribution in [3.05, 3.63) is 16.6 Å². The normalized spacial score (nSPS) is 23.9. The molecule has 1 aromatic heterocycles. The maximum atomic E-state index is 5.78. The van der Waals surface area contributed by atoms with Gasteiger partial charge in [-0.2, -0.15) is 0 Å². The molecule has 1 aromatic rings. The van der Waals surface area contributed by atoms with Crippen LogP contribution in [0.4, 0.5) is 0 Å². The number of rotatable bonds is 4. The third-order valence-corrected chi connectivity index (χ3v) is 3.48. The van der Waals surface area contributed by atoms with E-state index in [0.29, 0.717) is 5.92 Å². The van der Waals surface area contributed by atoms with Crippen molar-refractivity contribution < 1.29 is 4.74 Å². The maximum absolute atomic E-state index is 5.78. The predicted molar refractivity (Wildman–Crippen MR) is 57.5 cm³/mol. The van der Waals surface area contributed by atoms with Crippen molar-refractivity contribution in [2.75, 3.05) is 19.7 Å². The summed E-state index contributed by atoms with van der Waals surface area (Å²) in [5.41, 5.74) is 0. The Hall–Kier alpha value is -0.450. The van der Waals surface area contributed by atoms with Crippen molar-refractivity contribution in [3.8, 4) is 0 Å². The van der Waals surface area contributed by atoms with Crippen molar-refractivity contribution >= 4 is 11.3 Å². The number of aromatic nitrogens is 1. The van der Waals surface area contributed by atoms with E-state index in [4.69, 9.17) is 4.74 Å². The van der Waals surface area contributed by atoms with Crippen molar-refractivity contribution in [2.45, 2.75) is 19.4 Å². The molecule has 0 aliphatic carbocycles. The van der Waals surface area contributed by atoms with Crippen LogP contribution in [0.15, 0.2) is 11.6 Å². The second-order valence-corrected chi connectivity index (χ2v) is 4.63. The molecule has 1 saturated heterocycles. The zero-order valence-corrected chi connectivity index (χ0v) is 9.22. The lowest BCUT2D eigenvalue weighted by atomic mass is 10.1. The summed E-state index contributed by atoms with van der Waals surface area (Å²) in [6, 6.07) is 0. The van der Waals surface area contributed by atoms with Crippen LogP contribution in [0.2, 0.25) is 0 Å². The van der Waals surface area contributed by atoms with Crippen molar-refractivity contribution in [2.24, 2.45) is 5.92 Å². The standard InChI is InChI=1S/C10H16N2OS/c1-8(10-12-4-5-14-10)13-7-9-2-3-11-6-9/h4-5,8-9,11H,2-3,6-7H2,1H3/t8-,9+/m0/s1. The summed E-state index contributed by atoms with van der Waals surface area (Å²) in [7, 11) is 0. The first kappa shape index (κ1) is 10.1. The zero-order valence-electron chi connectivity index (χ0n) is 8.40. The topological polar surface area (TPSA) is 34.1 Å². The Kier molecular flexibility index (Phi) is 3.50. The quantitative estimate of drug-likeness (QED) is 0.827. The molecular formula is C10H16N2OS. The average molecular weight is 212 g/mol. The number of ether oxygens (including phenoxy) is 1. The number of hydrogen-bond acceptors (Lipinski definition) is 4. The van der Waals surface area contributed by atoms with Gasteiger partial charge in [-0.1, -0.05) is 0 Å². The highest BCUT2D eigenvalue weighted by Crippen LogP contribution is 2.20. The molecule has 0 aromatic carbocycles. The summed E-state index contributed by atoms with van der Waals surface area (Å²) in [5.74, 6) is 0.692. The summed E-state index contributed by atoms with van der Waals surface area (Å²) in [6.45, 7) is 5.17. The molecule has 4 heteroatoms. The molecule has 0 saturated carbocycles. The van der Waals surface area contributed by atoms with Gasteiger partial charge in [0.25, 0.3) is 0 Å². The second-order valence-electron chi connectivity index (χ2n) is 3.70. The maximum Gasteiger partial charge on any atom is 0.121 e. The van der Waals surface area contributed by atoms with E-state index < -0.39 is 0 Å². The minimum Gasteiger partial charge on any atom is -0.371 e. The first-order valence-corrected chi connectivity index (χ1v) is 5.96. The fraction of sp³-hybridized carbons (Fsp3) is 0.700. The zero-order chi connectivity index (χ0) is 9.80. The van der Waals surface area contributed by atoms with Crippen molar-refractivity contribution in [3.63, 3.8) is 0 Å². The van der Waals surface area contributed by atoms with Gasteiger partial charge in [0.15, 0.2) is 0 Å². The molecule has 1 fully saturated rings. The molecule has 2 atom stereocenters.